The van der Waals surface area contributed by atoms with Crippen LogP contribution in [0, 0.1) is 11.3 Å². The van der Waals surface area contributed by atoms with Gasteiger partial charge in [-0.05, 0) is 40.2 Å². The Kier molecular flexibility index (Phi) is 5.15. The SMILES string of the molecule is CNC(C)C(C)CC(C)(C)C(=O)C(C)(C)N. The number of Topliss-reactive ketones (excluding diaryl/α,β-unsaturated/α-hetero) is 1. The molecule has 0 radical (unpaired) electrons. The molecule has 0 amide bonds. The fraction of sp³-hybridized carbons (Fsp3) is 0.923. The van der Waals surface area contributed by atoms with Gasteiger partial charge in [-0.15, -0.1) is 0 Å². The molecular weight excluding hydrogens is 200 g/mol. The molecule has 0 spiro atoms. The first-order valence-corrected chi connectivity index (χ1v) is 6.03. The van der Waals surface area contributed by atoms with Gasteiger partial charge in [0.1, 0.15) is 0 Å². The van der Waals surface area contributed by atoms with Crippen molar-refractivity contribution in [3.63, 3.8) is 0 Å². The highest BCUT2D eigenvalue weighted by Gasteiger charge is 2.37. The lowest BCUT2D eigenvalue weighted by molar-refractivity contribution is -0.132. The van der Waals surface area contributed by atoms with Crippen LogP contribution in [0.5, 0.6) is 0 Å². The van der Waals surface area contributed by atoms with Crippen LogP contribution in [-0.2, 0) is 4.79 Å². The van der Waals surface area contributed by atoms with Crippen molar-refractivity contribution in [2.45, 2.75) is 59.5 Å². The number of carbonyl (C=O) groups is 1. The second kappa shape index (κ2) is 5.28. The minimum Gasteiger partial charge on any atom is -0.319 e. The molecular formula is C13H28N2O. The lowest BCUT2D eigenvalue weighted by atomic mass is 9.72. The quantitative estimate of drug-likeness (QED) is 0.730. The highest BCUT2D eigenvalue weighted by atomic mass is 16.1. The second-order valence-electron chi connectivity index (χ2n) is 6.19. The summed E-state index contributed by atoms with van der Waals surface area (Å²) in [4.78, 5) is 12.2. The number of hydrogen-bond acceptors (Lipinski definition) is 3. The number of rotatable bonds is 6. The first kappa shape index (κ1) is 15.6. The maximum absolute atomic E-state index is 12.2. The van der Waals surface area contributed by atoms with Crippen molar-refractivity contribution in [3.05, 3.63) is 0 Å². The third-order valence-corrected chi connectivity index (χ3v) is 3.34. The first-order valence-electron chi connectivity index (χ1n) is 6.03. The summed E-state index contributed by atoms with van der Waals surface area (Å²) in [5, 5.41) is 3.22. The molecule has 0 aliphatic rings. The molecule has 0 aliphatic carbocycles. The monoisotopic (exact) mass is 228 g/mol. The van der Waals surface area contributed by atoms with Crippen LogP contribution in [0.15, 0.2) is 0 Å². The minimum atomic E-state index is -0.744. The summed E-state index contributed by atoms with van der Waals surface area (Å²) >= 11 is 0. The normalized spacial score (nSPS) is 17.0. The van der Waals surface area contributed by atoms with E-state index in [0.29, 0.717) is 12.0 Å². The van der Waals surface area contributed by atoms with Gasteiger partial charge in [-0.25, -0.2) is 0 Å². The summed E-state index contributed by atoms with van der Waals surface area (Å²) in [7, 11) is 1.95. The zero-order chi connectivity index (χ0) is 13.1. The molecule has 96 valence electrons. The fourth-order valence-corrected chi connectivity index (χ4v) is 2.23. The Bertz CT molecular complexity index is 241. The highest BCUT2D eigenvalue weighted by molar-refractivity contribution is 5.91. The van der Waals surface area contributed by atoms with Crippen LogP contribution in [0.4, 0.5) is 0 Å². The average molecular weight is 228 g/mol. The summed E-state index contributed by atoms with van der Waals surface area (Å²) in [5.74, 6) is 0.585. The zero-order valence-electron chi connectivity index (χ0n) is 11.8. The third kappa shape index (κ3) is 4.22. The fourth-order valence-electron chi connectivity index (χ4n) is 2.23. The van der Waals surface area contributed by atoms with Crippen molar-refractivity contribution in [1.82, 2.24) is 5.32 Å². The van der Waals surface area contributed by atoms with Gasteiger partial charge < -0.3 is 11.1 Å². The van der Waals surface area contributed by atoms with Crippen LogP contribution >= 0.6 is 0 Å². The molecule has 2 atom stereocenters. The van der Waals surface area contributed by atoms with E-state index in [1.54, 1.807) is 13.8 Å². The lowest BCUT2D eigenvalue weighted by Crippen LogP contribution is -2.49. The standard InChI is InChI=1S/C13H28N2O/c1-9(10(2)15-7)8-12(3,4)11(16)13(5,6)14/h9-10,15H,8,14H2,1-7H3. The summed E-state index contributed by atoms with van der Waals surface area (Å²) in [5.41, 5.74) is 4.78. The van der Waals surface area contributed by atoms with Gasteiger partial charge in [-0.1, -0.05) is 20.8 Å². The van der Waals surface area contributed by atoms with E-state index in [2.05, 4.69) is 19.2 Å². The van der Waals surface area contributed by atoms with Crippen molar-refractivity contribution in [2.24, 2.45) is 17.1 Å². The molecule has 2 unspecified atom stereocenters. The lowest BCUT2D eigenvalue weighted by Gasteiger charge is -2.34. The first-order chi connectivity index (χ1) is 7.02. The highest BCUT2D eigenvalue weighted by Crippen LogP contribution is 2.31. The van der Waals surface area contributed by atoms with Crippen LogP contribution in [-0.4, -0.2) is 24.4 Å². The topological polar surface area (TPSA) is 55.1 Å². The van der Waals surface area contributed by atoms with Crippen LogP contribution in [0.2, 0.25) is 0 Å². The van der Waals surface area contributed by atoms with E-state index in [1.807, 2.05) is 20.9 Å². The Morgan fingerprint density at radius 2 is 1.69 bits per heavy atom. The van der Waals surface area contributed by atoms with Gasteiger partial charge in [0, 0.05) is 11.5 Å². The molecule has 0 bridgehead atoms. The van der Waals surface area contributed by atoms with Gasteiger partial charge >= 0.3 is 0 Å². The summed E-state index contributed by atoms with van der Waals surface area (Å²) in [6, 6.07) is 0.410. The molecule has 0 rings (SSSR count). The maximum Gasteiger partial charge on any atom is 0.157 e. The van der Waals surface area contributed by atoms with Crippen molar-refractivity contribution in [2.75, 3.05) is 7.05 Å². The van der Waals surface area contributed by atoms with Crippen LogP contribution in [0.25, 0.3) is 0 Å². The third-order valence-electron chi connectivity index (χ3n) is 3.34. The molecule has 0 aromatic heterocycles. The van der Waals surface area contributed by atoms with Gasteiger partial charge in [0.2, 0.25) is 0 Å². The van der Waals surface area contributed by atoms with Gasteiger partial charge in [-0.2, -0.15) is 0 Å². The van der Waals surface area contributed by atoms with Gasteiger partial charge in [0.15, 0.2) is 5.78 Å². The minimum absolute atomic E-state index is 0.134. The summed E-state index contributed by atoms with van der Waals surface area (Å²) in [6.07, 6.45) is 0.856. The Labute approximate surface area is 100 Å². The van der Waals surface area contributed by atoms with Crippen LogP contribution in [0.3, 0.4) is 0 Å². The zero-order valence-corrected chi connectivity index (χ0v) is 11.8. The molecule has 0 aromatic rings. The van der Waals surface area contributed by atoms with E-state index in [4.69, 9.17) is 5.73 Å². The van der Waals surface area contributed by atoms with Gasteiger partial charge in [-0.3, -0.25) is 4.79 Å². The van der Waals surface area contributed by atoms with E-state index in [-0.39, 0.29) is 11.2 Å². The number of nitrogens with two attached hydrogens (primary N) is 1. The Morgan fingerprint density at radius 3 is 2.00 bits per heavy atom. The number of ketones is 1. The Balaban J connectivity index is 4.63. The van der Waals surface area contributed by atoms with E-state index in [1.165, 1.54) is 0 Å². The van der Waals surface area contributed by atoms with Crippen molar-refractivity contribution in [1.29, 1.82) is 0 Å². The van der Waals surface area contributed by atoms with Crippen molar-refractivity contribution < 1.29 is 4.79 Å². The Hall–Kier alpha value is -0.410. The molecule has 0 saturated carbocycles. The number of hydrogen-bond donors (Lipinski definition) is 2. The molecule has 3 nitrogen and oxygen atoms in total. The smallest absolute Gasteiger partial charge is 0.157 e. The second-order valence-corrected chi connectivity index (χ2v) is 6.19. The van der Waals surface area contributed by atoms with Gasteiger partial charge in [0.25, 0.3) is 0 Å². The molecule has 16 heavy (non-hydrogen) atoms. The molecule has 0 aliphatic heterocycles. The number of nitrogens with one attached hydrogen (secondary N) is 1. The van der Waals surface area contributed by atoms with Crippen molar-refractivity contribution >= 4 is 5.78 Å². The predicted molar refractivity (Wildman–Crippen MR) is 69.4 cm³/mol. The molecule has 0 saturated heterocycles. The van der Waals surface area contributed by atoms with E-state index in [9.17, 15) is 4.79 Å². The van der Waals surface area contributed by atoms with Crippen LogP contribution in [0.1, 0.15) is 48.0 Å². The molecule has 3 N–H and O–H groups in total. The predicted octanol–water partition coefficient (Wildman–Crippen LogP) is 1.95. The molecule has 0 aromatic carbocycles. The van der Waals surface area contributed by atoms with Crippen LogP contribution < -0.4 is 11.1 Å². The molecule has 3 heteroatoms. The molecule has 0 heterocycles. The average Bonchev–Trinajstić information content (AvgIpc) is 2.13. The summed E-state index contributed by atoms with van der Waals surface area (Å²) in [6.45, 7) is 11.8. The molecule has 0 fully saturated rings. The van der Waals surface area contributed by atoms with E-state index in [0.717, 1.165) is 6.42 Å². The van der Waals surface area contributed by atoms with E-state index >= 15 is 0 Å². The van der Waals surface area contributed by atoms with E-state index < -0.39 is 5.54 Å². The maximum atomic E-state index is 12.2. The van der Waals surface area contributed by atoms with Gasteiger partial charge in [0.05, 0.1) is 5.54 Å². The largest absolute Gasteiger partial charge is 0.319 e. The summed E-state index contributed by atoms with van der Waals surface area (Å²) < 4.78 is 0. The Morgan fingerprint density at radius 1 is 1.25 bits per heavy atom. The number of carbonyl (C=O) groups excluding carboxylic acids is 1. The van der Waals surface area contributed by atoms with Crippen molar-refractivity contribution in [3.8, 4) is 0 Å².